The SMILES string of the molecule is CCn1c(=O)n(CC(=O)N2CCCC(CN(C)C(=O)OC(C)(C)C)C2)c2ccccc21. The first-order valence-corrected chi connectivity index (χ1v) is 11.0. The molecule has 31 heavy (non-hydrogen) atoms. The summed E-state index contributed by atoms with van der Waals surface area (Å²) in [4.78, 5) is 41.6. The van der Waals surface area contributed by atoms with Gasteiger partial charge in [-0.15, -0.1) is 0 Å². The summed E-state index contributed by atoms with van der Waals surface area (Å²) in [6.07, 6.45) is 1.48. The van der Waals surface area contributed by atoms with Crippen molar-refractivity contribution in [3.8, 4) is 0 Å². The van der Waals surface area contributed by atoms with Crippen molar-refractivity contribution in [1.82, 2.24) is 18.9 Å². The van der Waals surface area contributed by atoms with Crippen molar-refractivity contribution in [3.63, 3.8) is 0 Å². The summed E-state index contributed by atoms with van der Waals surface area (Å²) in [6, 6.07) is 7.57. The molecule has 1 aromatic heterocycles. The number of benzene rings is 1. The molecule has 0 N–H and O–H groups in total. The number of piperidine rings is 1. The van der Waals surface area contributed by atoms with E-state index < -0.39 is 5.60 Å². The second kappa shape index (κ2) is 9.16. The Morgan fingerprint density at radius 3 is 2.42 bits per heavy atom. The summed E-state index contributed by atoms with van der Waals surface area (Å²) >= 11 is 0. The molecule has 170 valence electrons. The van der Waals surface area contributed by atoms with E-state index in [4.69, 9.17) is 4.74 Å². The third-order valence-electron chi connectivity index (χ3n) is 5.64. The Balaban J connectivity index is 1.67. The van der Waals surface area contributed by atoms with E-state index in [1.807, 2.05) is 56.9 Å². The quantitative estimate of drug-likeness (QED) is 0.731. The molecule has 1 fully saturated rings. The molecule has 1 atom stereocenters. The number of carbonyl (C=O) groups is 2. The van der Waals surface area contributed by atoms with E-state index >= 15 is 0 Å². The fourth-order valence-corrected chi connectivity index (χ4v) is 4.21. The van der Waals surface area contributed by atoms with E-state index in [9.17, 15) is 14.4 Å². The van der Waals surface area contributed by atoms with Crippen molar-refractivity contribution in [1.29, 1.82) is 0 Å². The van der Waals surface area contributed by atoms with Gasteiger partial charge in [0, 0.05) is 33.2 Å². The lowest BCUT2D eigenvalue weighted by Crippen LogP contribution is -2.46. The van der Waals surface area contributed by atoms with Crippen LogP contribution in [-0.2, 0) is 22.6 Å². The highest BCUT2D eigenvalue weighted by Gasteiger charge is 2.28. The lowest BCUT2D eigenvalue weighted by atomic mass is 9.97. The van der Waals surface area contributed by atoms with Gasteiger partial charge in [0.05, 0.1) is 11.0 Å². The van der Waals surface area contributed by atoms with Crippen LogP contribution in [0.4, 0.5) is 4.79 Å². The Labute approximate surface area is 183 Å². The van der Waals surface area contributed by atoms with Crippen molar-refractivity contribution in [2.75, 3.05) is 26.7 Å². The van der Waals surface area contributed by atoms with Crippen molar-refractivity contribution in [2.45, 2.75) is 59.2 Å². The predicted molar refractivity (Wildman–Crippen MR) is 120 cm³/mol. The van der Waals surface area contributed by atoms with E-state index in [-0.39, 0.29) is 30.2 Å². The third kappa shape index (κ3) is 5.29. The molecule has 1 saturated heterocycles. The number of likely N-dealkylation sites (tertiary alicyclic amines) is 1. The largest absolute Gasteiger partial charge is 0.444 e. The summed E-state index contributed by atoms with van der Waals surface area (Å²) < 4.78 is 8.69. The summed E-state index contributed by atoms with van der Waals surface area (Å²) in [6.45, 7) is 9.83. The lowest BCUT2D eigenvalue weighted by molar-refractivity contribution is -0.133. The second-order valence-electron chi connectivity index (χ2n) is 9.31. The van der Waals surface area contributed by atoms with Gasteiger partial charge in [-0.3, -0.25) is 13.9 Å². The minimum absolute atomic E-state index is 0.0287. The van der Waals surface area contributed by atoms with Gasteiger partial charge in [0.2, 0.25) is 5.91 Å². The van der Waals surface area contributed by atoms with Crippen molar-refractivity contribution in [3.05, 3.63) is 34.7 Å². The number of rotatable bonds is 5. The fraction of sp³-hybridized carbons (Fsp3) is 0.609. The molecule has 3 rings (SSSR count). The number of imidazole rings is 1. The number of amides is 2. The smallest absolute Gasteiger partial charge is 0.410 e. The first-order chi connectivity index (χ1) is 14.6. The first-order valence-electron chi connectivity index (χ1n) is 11.0. The highest BCUT2D eigenvalue weighted by Crippen LogP contribution is 2.20. The van der Waals surface area contributed by atoms with Gasteiger partial charge in [-0.1, -0.05) is 12.1 Å². The summed E-state index contributed by atoms with van der Waals surface area (Å²) in [5.41, 5.74) is 0.930. The molecule has 0 spiro atoms. The molecule has 0 bridgehead atoms. The molecule has 0 aliphatic carbocycles. The lowest BCUT2D eigenvalue weighted by Gasteiger charge is -2.35. The molecule has 0 saturated carbocycles. The monoisotopic (exact) mass is 430 g/mol. The van der Waals surface area contributed by atoms with Crippen LogP contribution in [0.25, 0.3) is 11.0 Å². The Morgan fingerprint density at radius 1 is 1.16 bits per heavy atom. The summed E-state index contributed by atoms with van der Waals surface area (Å²) in [5.74, 6) is 0.120. The molecule has 1 aliphatic rings. The predicted octanol–water partition coefficient (Wildman–Crippen LogP) is 2.93. The van der Waals surface area contributed by atoms with Crippen LogP contribution in [0.5, 0.6) is 0 Å². The topological polar surface area (TPSA) is 76.8 Å². The number of aromatic nitrogens is 2. The Bertz CT molecular complexity index is 1000. The molecule has 2 aromatic rings. The van der Waals surface area contributed by atoms with E-state index in [1.54, 1.807) is 21.1 Å². The normalized spacial score (nSPS) is 17.1. The molecule has 1 aliphatic heterocycles. The molecule has 8 heteroatoms. The Morgan fingerprint density at radius 2 is 1.81 bits per heavy atom. The zero-order chi connectivity index (χ0) is 22.8. The highest BCUT2D eigenvalue weighted by molar-refractivity contribution is 5.81. The van der Waals surface area contributed by atoms with Crippen LogP contribution in [0, 0.1) is 5.92 Å². The average Bonchev–Trinajstić information content (AvgIpc) is 2.98. The molecule has 8 nitrogen and oxygen atoms in total. The number of ether oxygens (including phenoxy) is 1. The zero-order valence-electron chi connectivity index (χ0n) is 19.3. The van der Waals surface area contributed by atoms with Crippen LogP contribution in [0.3, 0.4) is 0 Å². The number of hydrogen-bond donors (Lipinski definition) is 0. The van der Waals surface area contributed by atoms with Gasteiger partial charge in [-0.05, 0) is 58.6 Å². The molecule has 0 radical (unpaired) electrons. The fourth-order valence-electron chi connectivity index (χ4n) is 4.21. The Kier molecular flexibility index (Phi) is 6.77. The minimum Gasteiger partial charge on any atom is -0.444 e. The van der Waals surface area contributed by atoms with Crippen molar-refractivity contribution >= 4 is 23.0 Å². The van der Waals surface area contributed by atoms with Gasteiger partial charge in [0.25, 0.3) is 0 Å². The number of carbonyl (C=O) groups excluding carboxylic acids is 2. The van der Waals surface area contributed by atoms with E-state index in [2.05, 4.69) is 0 Å². The average molecular weight is 431 g/mol. The van der Waals surface area contributed by atoms with Crippen molar-refractivity contribution < 1.29 is 14.3 Å². The van der Waals surface area contributed by atoms with Gasteiger partial charge in [-0.25, -0.2) is 9.59 Å². The first kappa shape index (κ1) is 22.9. The van der Waals surface area contributed by atoms with Crippen LogP contribution in [0.1, 0.15) is 40.5 Å². The van der Waals surface area contributed by atoms with E-state index in [0.29, 0.717) is 26.2 Å². The third-order valence-corrected chi connectivity index (χ3v) is 5.64. The standard InChI is InChI=1S/C23H34N4O4/c1-6-26-18-11-7-8-12-19(18)27(21(26)29)16-20(28)25-13-9-10-17(15-25)14-24(5)22(30)31-23(2,3)4/h7-8,11-12,17H,6,9-10,13-16H2,1-5H3. The molecule has 2 amide bonds. The number of nitrogens with zero attached hydrogens (tertiary/aromatic N) is 4. The van der Waals surface area contributed by atoms with Crippen LogP contribution in [0.15, 0.2) is 29.1 Å². The number of fused-ring (bicyclic) bond motifs is 1. The van der Waals surface area contributed by atoms with Gasteiger partial charge in [0.15, 0.2) is 0 Å². The number of aryl methyl sites for hydroxylation is 1. The summed E-state index contributed by atoms with van der Waals surface area (Å²) in [5, 5.41) is 0. The maximum Gasteiger partial charge on any atom is 0.410 e. The van der Waals surface area contributed by atoms with Crippen molar-refractivity contribution in [2.24, 2.45) is 5.92 Å². The molecular weight excluding hydrogens is 396 g/mol. The van der Waals surface area contributed by atoms with Crippen LogP contribution in [-0.4, -0.2) is 63.2 Å². The highest BCUT2D eigenvalue weighted by atomic mass is 16.6. The van der Waals surface area contributed by atoms with Crippen LogP contribution < -0.4 is 5.69 Å². The zero-order valence-corrected chi connectivity index (χ0v) is 19.3. The molecule has 2 heterocycles. The van der Waals surface area contributed by atoms with Crippen LogP contribution in [0.2, 0.25) is 0 Å². The van der Waals surface area contributed by atoms with Gasteiger partial charge >= 0.3 is 11.8 Å². The number of para-hydroxylation sites is 2. The molecular formula is C23H34N4O4. The van der Waals surface area contributed by atoms with E-state index in [1.165, 1.54) is 0 Å². The minimum atomic E-state index is -0.537. The number of hydrogen-bond acceptors (Lipinski definition) is 4. The van der Waals surface area contributed by atoms with Gasteiger partial charge in [0.1, 0.15) is 12.1 Å². The maximum absolute atomic E-state index is 13.1. The second-order valence-corrected chi connectivity index (χ2v) is 9.31. The summed E-state index contributed by atoms with van der Waals surface area (Å²) in [7, 11) is 1.73. The van der Waals surface area contributed by atoms with Gasteiger partial charge < -0.3 is 14.5 Å². The maximum atomic E-state index is 13.1. The van der Waals surface area contributed by atoms with Gasteiger partial charge in [-0.2, -0.15) is 0 Å². The molecule has 1 aromatic carbocycles. The van der Waals surface area contributed by atoms with Crippen LogP contribution >= 0.6 is 0 Å². The molecule has 1 unspecified atom stereocenters. The Hall–Kier alpha value is -2.77. The van der Waals surface area contributed by atoms with E-state index in [0.717, 1.165) is 23.9 Å².